The summed E-state index contributed by atoms with van der Waals surface area (Å²) in [7, 11) is -3.61. The predicted molar refractivity (Wildman–Crippen MR) is 164 cm³/mol. The molecule has 0 bridgehead atoms. The van der Waals surface area contributed by atoms with E-state index in [2.05, 4.69) is 19.9 Å². The highest BCUT2D eigenvalue weighted by Gasteiger charge is 2.59. The molecule has 8 unspecified atom stereocenters. The molecular weight excluding hydrogens is 528 g/mol. The third-order valence-corrected chi connectivity index (χ3v) is 14.5. The van der Waals surface area contributed by atoms with Crippen LogP contribution in [0.3, 0.4) is 0 Å². The normalized spacial score (nSPS) is 38.2. The molecule has 4 aliphatic carbocycles. The van der Waals surface area contributed by atoms with Crippen LogP contribution >= 0.6 is 0 Å². The Balaban J connectivity index is 1.26. The molecule has 222 valence electrons. The topological polar surface area (TPSA) is 74.6 Å². The average molecular weight is 577 g/mol. The molecule has 2 N–H and O–H groups in total. The molecule has 0 aromatic heterocycles. The summed E-state index contributed by atoms with van der Waals surface area (Å²) in [6.45, 7) is 6.92. The number of fused-ring (bicyclic) bond motifs is 5. The zero-order valence-electron chi connectivity index (χ0n) is 25.0. The van der Waals surface area contributed by atoms with Gasteiger partial charge >= 0.3 is 0 Å². The Morgan fingerprint density at radius 1 is 0.878 bits per heavy atom. The minimum Gasteiger partial charge on any atom is -0.390 e. The fraction of sp³-hybridized carbons (Fsp3) is 0.611. The molecule has 0 saturated heterocycles. The first-order valence-corrected chi connectivity index (χ1v) is 17.4. The van der Waals surface area contributed by atoms with E-state index in [-0.39, 0.29) is 17.3 Å². The third kappa shape index (κ3) is 5.14. The van der Waals surface area contributed by atoms with Gasteiger partial charge in [0, 0.05) is 0 Å². The highest BCUT2D eigenvalue weighted by molar-refractivity contribution is 7.92. The van der Waals surface area contributed by atoms with Gasteiger partial charge < -0.3 is 10.2 Å². The van der Waals surface area contributed by atoms with Gasteiger partial charge in [-0.25, -0.2) is 8.42 Å². The van der Waals surface area contributed by atoms with Gasteiger partial charge in [0.05, 0.1) is 21.9 Å². The fourth-order valence-electron chi connectivity index (χ4n) is 9.83. The van der Waals surface area contributed by atoms with Crippen LogP contribution in [-0.4, -0.2) is 29.5 Å². The molecule has 5 heteroatoms. The van der Waals surface area contributed by atoms with E-state index in [0.717, 1.165) is 44.1 Å². The van der Waals surface area contributed by atoms with Crippen molar-refractivity contribution < 1.29 is 18.6 Å². The van der Waals surface area contributed by atoms with E-state index in [1.807, 2.05) is 43.3 Å². The number of allylic oxidation sites excluding steroid dienone is 1. The maximum Gasteiger partial charge on any atom is 0.181 e. The second-order valence-corrected chi connectivity index (χ2v) is 16.9. The largest absolute Gasteiger partial charge is 0.390 e. The lowest BCUT2D eigenvalue weighted by molar-refractivity contribution is -0.0661. The highest BCUT2D eigenvalue weighted by atomic mass is 32.2. The lowest BCUT2D eigenvalue weighted by atomic mass is 9.46. The minimum atomic E-state index is -3.61. The molecule has 6 rings (SSSR count). The summed E-state index contributed by atoms with van der Waals surface area (Å²) >= 11 is 0. The molecule has 4 nitrogen and oxygen atoms in total. The Hall–Kier alpha value is -1.95. The van der Waals surface area contributed by atoms with Crippen LogP contribution in [0.4, 0.5) is 0 Å². The molecule has 4 aliphatic rings. The van der Waals surface area contributed by atoms with Gasteiger partial charge in [0.2, 0.25) is 0 Å². The average Bonchev–Trinajstić information content (AvgIpc) is 3.29. The van der Waals surface area contributed by atoms with Crippen molar-refractivity contribution in [2.24, 2.45) is 34.5 Å². The van der Waals surface area contributed by atoms with Gasteiger partial charge in [-0.3, -0.25) is 0 Å². The van der Waals surface area contributed by atoms with Crippen LogP contribution in [0.5, 0.6) is 0 Å². The van der Waals surface area contributed by atoms with E-state index in [1.165, 1.54) is 18.4 Å². The molecule has 0 radical (unpaired) electrons. The van der Waals surface area contributed by atoms with Crippen LogP contribution in [0.2, 0.25) is 0 Å². The molecule has 3 saturated carbocycles. The number of sulfone groups is 1. The number of benzene rings is 2. The van der Waals surface area contributed by atoms with Crippen LogP contribution in [0.25, 0.3) is 0 Å². The van der Waals surface area contributed by atoms with E-state index < -0.39 is 26.8 Å². The van der Waals surface area contributed by atoms with Crippen molar-refractivity contribution >= 4 is 9.84 Å². The van der Waals surface area contributed by atoms with Gasteiger partial charge in [-0.1, -0.05) is 74.0 Å². The quantitative estimate of drug-likeness (QED) is 0.332. The van der Waals surface area contributed by atoms with E-state index in [4.69, 9.17) is 0 Å². The minimum absolute atomic E-state index is 0.116. The number of aliphatic hydroxyl groups excluding tert-OH is 1. The molecule has 2 aromatic carbocycles. The second kappa shape index (κ2) is 10.6. The highest BCUT2D eigenvalue weighted by Crippen LogP contribution is 2.67. The lowest BCUT2D eigenvalue weighted by Crippen LogP contribution is -2.51. The summed E-state index contributed by atoms with van der Waals surface area (Å²) in [5.41, 5.74) is 1.98. The smallest absolute Gasteiger partial charge is 0.181 e. The molecule has 0 spiro atoms. The van der Waals surface area contributed by atoms with Crippen LogP contribution in [-0.2, 0) is 9.84 Å². The number of rotatable bonds is 7. The zero-order valence-corrected chi connectivity index (χ0v) is 25.8. The van der Waals surface area contributed by atoms with Gasteiger partial charge in [0.15, 0.2) is 9.84 Å². The Morgan fingerprint density at radius 3 is 2.27 bits per heavy atom. The molecule has 9 atom stereocenters. The van der Waals surface area contributed by atoms with Crippen LogP contribution < -0.4 is 0 Å². The summed E-state index contributed by atoms with van der Waals surface area (Å²) < 4.78 is 28.2. The lowest BCUT2D eigenvalue weighted by Gasteiger charge is -2.59. The van der Waals surface area contributed by atoms with Gasteiger partial charge in [0.1, 0.15) is 0 Å². The molecular formula is C36H48O4S. The molecule has 0 aliphatic heterocycles. The van der Waals surface area contributed by atoms with E-state index in [1.54, 1.807) is 24.3 Å². The molecule has 0 heterocycles. The monoisotopic (exact) mass is 576 g/mol. The van der Waals surface area contributed by atoms with Crippen molar-refractivity contribution in [2.45, 2.75) is 107 Å². The van der Waals surface area contributed by atoms with Crippen molar-refractivity contribution in [3.63, 3.8) is 0 Å². The summed E-state index contributed by atoms with van der Waals surface area (Å²) in [6, 6.07) is 18.4. The van der Waals surface area contributed by atoms with Crippen molar-refractivity contribution in [3.05, 3.63) is 77.9 Å². The van der Waals surface area contributed by atoms with E-state index >= 15 is 0 Å². The van der Waals surface area contributed by atoms with E-state index in [0.29, 0.717) is 35.0 Å². The Kier molecular flexibility index (Phi) is 7.56. The summed E-state index contributed by atoms with van der Waals surface area (Å²) in [5.74, 6) is 2.21. The molecule has 41 heavy (non-hydrogen) atoms. The van der Waals surface area contributed by atoms with Gasteiger partial charge in [-0.05, 0) is 123 Å². The second-order valence-electron chi connectivity index (χ2n) is 14.6. The third-order valence-electron chi connectivity index (χ3n) is 12.3. The first kappa shape index (κ1) is 29.1. The predicted octanol–water partition coefficient (Wildman–Crippen LogP) is 7.67. The molecule has 2 aromatic rings. The van der Waals surface area contributed by atoms with Gasteiger partial charge in [0.25, 0.3) is 0 Å². The van der Waals surface area contributed by atoms with Crippen LogP contribution in [0.15, 0.2) is 77.2 Å². The SMILES string of the molecule is CC12CC[C@](C)(O)CC1=CCC1C2CCC2(C)C(CC(CC(O)c3ccccc3)S(=O)(=O)c3ccccc3)CCC12. The fourth-order valence-corrected chi connectivity index (χ4v) is 11.7. The number of hydrogen-bond acceptors (Lipinski definition) is 4. The summed E-state index contributed by atoms with van der Waals surface area (Å²) in [6.07, 6.45) is 10.9. The van der Waals surface area contributed by atoms with Crippen LogP contribution in [0.1, 0.15) is 96.6 Å². The van der Waals surface area contributed by atoms with Crippen molar-refractivity contribution in [3.8, 4) is 0 Å². The summed E-state index contributed by atoms with van der Waals surface area (Å²) in [5, 5.41) is 21.4. The summed E-state index contributed by atoms with van der Waals surface area (Å²) in [4.78, 5) is 0.361. The van der Waals surface area contributed by atoms with Gasteiger partial charge in [-0.15, -0.1) is 0 Å². The van der Waals surface area contributed by atoms with Crippen molar-refractivity contribution in [2.75, 3.05) is 0 Å². The maximum atomic E-state index is 14.1. The van der Waals surface area contributed by atoms with Crippen molar-refractivity contribution in [1.29, 1.82) is 0 Å². The zero-order chi connectivity index (χ0) is 29.0. The van der Waals surface area contributed by atoms with Crippen LogP contribution in [0, 0.1) is 34.5 Å². The van der Waals surface area contributed by atoms with Gasteiger partial charge in [-0.2, -0.15) is 0 Å². The number of hydrogen-bond donors (Lipinski definition) is 2. The first-order valence-electron chi connectivity index (χ1n) is 15.9. The molecule has 0 amide bonds. The maximum absolute atomic E-state index is 14.1. The number of aliphatic hydroxyl groups is 2. The standard InChI is InChI=1S/C36H48O4S/c1-34(38)20-21-36(3)27(24-34)14-16-30-31-17-15-26(35(31,2)19-18-32(30)36)22-29(23-33(37)25-10-6-4-7-11-25)41(39,40)28-12-8-5-9-13-28/h4-14,26,29-33,37-38H,15-24H2,1-3H3/t26?,29?,30?,31?,32?,33?,34-,35?,36?/m0/s1. The Bertz CT molecular complexity index is 1370. The first-order chi connectivity index (χ1) is 19.4. The Labute approximate surface area is 247 Å². The Morgan fingerprint density at radius 2 is 1.56 bits per heavy atom. The van der Waals surface area contributed by atoms with Crippen molar-refractivity contribution in [1.82, 2.24) is 0 Å². The molecule has 3 fully saturated rings. The van der Waals surface area contributed by atoms with E-state index in [9.17, 15) is 18.6 Å².